The SMILES string of the molecule is O=C(NCCCNc1nc2ccccc2[nH]1)C1CCC1. The van der Waals surface area contributed by atoms with Gasteiger partial charge in [0.2, 0.25) is 11.9 Å². The van der Waals surface area contributed by atoms with Gasteiger partial charge in [-0.3, -0.25) is 4.79 Å². The molecule has 1 saturated carbocycles. The number of imidazole rings is 1. The molecule has 0 radical (unpaired) electrons. The van der Waals surface area contributed by atoms with Crippen molar-refractivity contribution in [3.63, 3.8) is 0 Å². The zero-order chi connectivity index (χ0) is 13.8. The number of nitrogens with one attached hydrogen (secondary N) is 3. The Morgan fingerprint density at radius 1 is 1.30 bits per heavy atom. The quantitative estimate of drug-likeness (QED) is 0.707. The molecular formula is C15H20N4O. The lowest BCUT2D eigenvalue weighted by Crippen LogP contribution is -2.35. The van der Waals surface area contributed by atoms with E-state index in [4.69, 9.17) is 0 Å². The van der Waals surface area contributed by atoms with Crippen LogP contribution >= 0.6 is 0 Å². The average Bonchev–Trinajstić information content (AvgIpc) is 2.78. The van der Waals surface area contributed by atoms with E-state index in [1.54, 1.807) is 0 Å². The number of hydrogen-bond donors (Lipinski definition) is 3. The van der Waals surface area contributed by atoms with Crippen molar-refractivity contribution >= 4 is 22.9 Å². The van der Waals surface area contributed by atoms with Crippen molar-refractivity contribution in [3.8, 4) is 0 Å². The first kappa shape index (κ1) is 13.0. The van der Waals surface area contributed by atoms with Gasteiger partial charge in [-0.05, 0) is 31.4 Å². The lowest BCUT2D eigenvalue weighted by molar-refractivity contribution is -0.127. The van der Waals surface area contributed by atoms with Crippen LogP contribution in [0.2, 0.25) is 0 Å². The van der Waals surface area contributed by atoms with Gasteiger partial charge in [-0.15, -0.1) is 0 Å². The van der Waals surface area contributed by atoms with E-state index in [0.29, 0.717) is 0 Å². The van der Waals surface area contributed by atoms with Crippen LogP contribution < -0.4 is 10.6 Å². The number of carbonyl (C=O) groups excluding carboxylic acids is 1. The molecular weight excluding hydrogens is 252 g/mol. The van der Waals surface area contributed by atoms with Crippen LogP contribution in [0, 0.1) is 5.92 Å². The summed E-state index contributed by atoms with van der Waals surface area (Å²) in [4.78, 5) is 19.3. The number of H-pyrrole nitrogens is 1. The first-order valence-corrected chi connectivity index (χ1v) is 7.29. The van der Waals surface area contributed by atoms with Gasteiger partial charge in [0.05, 0.1) is 11.0 Å². The van der Waals surface area contributed by atoms with Gasteiger partial charge in [0.25, 0.3) is 0 Å². The molecule has 0 unspecified atom stereocenters. The van der Waals surface area contributed by atoms with Crippen molar-refractivity contribution in [2.45, 2.75) is 25.7 Å². The summed E-state index contributed by atoms with van der Waals surface area (Å²) in [5, 5.41) is 6.23. The minimum atomic E-state index is 0.222. The molecule has 0 aliphatic heterocycles. The predicted molar refractivity (Wildman–Crippen MR) is 79.6 cm³/mol. The van der Waals surface area contributed by atoms with Crippen LogP contribution in [0.25, 0.3) is 11.0 Å². The Balaban J connectivity index is 1.38. The van der Waals surface area contributed by atoms with Crippen LogP contribution in [0.15, 0.2) is 24.3 Å². The fourth-order valence-corrected chi connectivity index (χ4v) is 2.36. The fraction of sp³-hybridized carbons (Fsp3) is 0.467. The highest BCUT2D eigenvalue weighted by molar-refractivity contribution is 5.79. The first-order valence-electron chi connectivity index (χ1n) is 7.29. The Kier molecular flexibility index (Phi) is 3.85. The fourth-order valence-electron chi connectivity index (χ4n) is 2.36. The largest absolute Gasteiger partial charge is 0.356 e. The van der Waals surface area contributed by atoms with Gasteiger partial charge >= 0.3 is 0 Å². The minimum absolute atomic E-state index is 0.222. The zero-order valence-corrected chi connectivity index (χ0v) is 11.5. The van der Waals surface area contributed by atoms with E-state index in [1.165, 1.54) is 6.42 Å². The summed E-state index contributed by atoms with van der Waals surface area (Å²) >= 11 is 0. The molecule has 0 saturated heterocycles. The summed E-state index contributed by atoms with van der Waals surface area (Å²) in [6, 6.07) is 7.95. The van der Waals surface area contributed by atoms with E-state index in [1.807, 2.05) is 24.3 Å². The molecule has 0 atom stereocenters. The Labute approximate surface area is 118 Å². The first-order chi connectivity index (χ1) is 9.83. The Morgan fingerprint density at radius 3 is 2.90 bits per heavy atom. The van der Waals surface area contributed by atoms with Crippen LogP contribution in [0.1, 0.15) is 25.7 Å². The molecule has 1 aliphatic carbocycles. The van der Waals surface area contributed by atoms with E-state index < -0.39 is 0 Å². The van der Waals surface area contributed by atoms with Gasteiger partial charge in [0, 0.05) is 19.0 Å². The third-order valence-electron chi connectivity index (χ3n) is 3.81. The van der Waals surface area contributed by atoms with Crippen LogP contribution in [0.5, 0.6) is 0 Å². The molecule has 1 aromatic heterocycles. The second kappa shape index (κ2) is 5.94. The molecule has 1 aliphatic rings. The molecule has 0 spiro atoms. The smallest absolute Gasteiger partial charge is 0.223 e. The highest BCUT2D eigenvalue weighted by atomic mass is 16.1. The van der Waals surface area contributed by atoms with Crippen LogP contribution in [-0.2, 0) is 4.79 Å². The highest BCUT2D eigenvalue weighted by Gasteiger charge is 2.24. The lowest BCUT2D eigenvalue weighted by Gasteiger charge is -2.23. The highest BCUT2D eigenvalue weighted by Crippen LogP contribution is 2.26. The number of carbonyl (C=O) groups is 1. The van der Waals surface area contributed by atoms with Gasteiger partial charge < -0.3 is 15.6 Å². The standard InChI is InChI=1S/C15H20N4O/c20-14(11-5-3-6-11)16-9-4-10-17-15-18-12-7-1-2-8-13(12)19-15/h1-2,7-8,11H,3-6,9-10H2,(H,16,20)(H2,17,18,19). The summed E-state index contributed by atoms with van der Waals surface area (Å²) in [5.41, 5.74) is 2.00. The average molecular weight is 272 g/mol. The van der Waals surface area contributed by atoms with Crippen LogP contribution in [0.3, 0.4) is 0 Å². The maximum atomic E-state index is 11.6. The maximum absolute atomic E-state index is 11.6. The second-order valence-electron chi connectivity index (χ2n) is 5.30. The summed E-state index contributed by atoms with van der Waals surface area (Å²) in [7, 11) is 0. The number of anilines is 1. The third kappa shape index (κ3) is 2.92. The predicted octanol–water partition coefficient (Wildman–Crippen LogP) is 2.28. The summed E-state index contributed by atoms with van der Waals surface area (Å²) < 4.78 is 0. The van der Waals surface area contributed by atoms with E-state index in [-0.39, 0.29) is 11.8 Å². The van der Waals surface area contributed by atoms with Crippen molar-refractivity contribution in [2.24, 2.45) is 5.92 Å². The number of aromatic amines is 1. The molecule has 3 rings (SSSR count). The molecule has 106 valence electrons. The number of nitrogens with zero attached hydrogens (tertiary/aromatic N) is 1. The molecule has 3 N–H and O–H groups in total. The monoisotopic (exact) mass is 272 g/mol. The summed E-state index contributed by atoms with van der Waals surface area (Å²) in [6.45, 7) is 1.52. The molecule has 2 aromatic rings. The number of benzene rings is 1. The van der Waals surface area contributed by atoms with Crippen molar-refractivity contribution in [3.05, 3.63) is 24.3 Å². The number of aromatic nitrogens is 2. The Morgan fingerprint density at radius 2 is 2.15 bits per heavy atom. The number of para-hydroxylation sites is 2. The van der Waals surface area contributed by atoms with Crippen LogP contribution in [0.4, 0.5) is 5.95 Å². The zero-order valence-electron chi connectivity index (χ0n) is 11.5. The van der Waals surface area contributed by atoms with E-state index in [0.717, 1.165) is 49.3 Å². The van der Waals surface area contributed by atoms with Crippen molar-refractivity contribution in [1.82, 2.24) is 15.3 Å². The van der Waals surface area contributed by atoms with Crippen molar-refractivity contribution in [1.29, 1.82) is 0 Å². The number of amides is 1. The molecule has 1 aromatic carbocycles. The molecule has 5 nitrogen and oxygen atoms in total. The van der Waals surface area contributed by atoms with E-state index >= 15 is 0 Å². The molecule has 1 heterocycles. The van der Waals surface area contributed by atoms with Gasteiger partial charge in [0.15, 0.2) is 0 Å². The molecule has 5 heteroatoms. The van der Waals surface area contributed by atoms with Gasteiger partial charge in [-0.25, -0.2) is 4.98 Å². The third-order valence-corrected chi connectivity index (χ3v) is 3.81. The van der Waals surface area contributed by atoms with Gasteiger partial charge in [0.1, 0.15) is 0 Å². The molecule has 0 bridgehead atoms. The topological polar surface area (TPSA) is 69.8 Å². The Hall–Kier alpha value is -2.04. The van der Waals surface area contributed by atoms with Crippen molar-refractivity contribution in [2.75, 3.05) is 18.4 Å². The summed E-state index contributed by atoms with van der Waals surface area (Å²) in [6.07, 6.45) is 4.22. The summed E-state index contributed by atoms with van der Waals surface area (Å²) in [5.74, 6) is 1.29. The second-order valence-corrected chi connectivity index (χ2v) is 5.30. The molecule has 20 heavy (non-hydrogen) atoms. The molecule has 1 amide bonds. The number of rotatable bonds is 6. The molecule has 1 fully saturated rings. The van der Waals surface area contributed by atoms with Crippen LogP contribution in [-0.4, -0.2) is 29.0 Å². The van der Waals surface area contributed by atoms with Gasteiger partial charge in [-0.1, -0.05) is 18.6 Å². The maximum Gasteiger partial charge on any atom is 0.223 e. The number of hydrogen-bond acceptors (Lipinski definition) is 3. The minimum Gasteiger partial charge on any atom is -0.356 e. The lowest BCUT2D eigenvalue weighted by atomic mass is 9.85. The number of fused-ring (bicyclic) bond motifs is 1. The van der Waals surface area contributed by atoms with Crippen molar-refractivity contribution < 1.29 is 4.79 Å². The normalized spacial score (nSPS) is 15.0. The van der Waals surface area contributed by atoms with E-state index in [9.17, 15) is 4.79 Å². The van der Waals surface area contributed by atoms with Gasteiger partial charge in [-0.2, -0.15) is 0 Å². The Bertz CT molecular complexity index is 555. The van der Waals surface area contributed by atoms with E-state index in [2.05, 4.69) is 20.6 Å².